The highest BCUT2D eigenvalue weighted by Gasteiger charge is 2.13. The van der Waals surface area contributed by atoms with Gasteiger partial charge in [0.15, 0.2) is 12.4 Å². The maximum absolute atomic E-state index is 12.1. The summed E-state index contributed by atoms with van der Waals surface area (Å²) in [6, 6.07) is 4.84. The lowest BCUT2D eigenvalue weighted by Crippen LogP contribution is -2.36. The summed E-state index contributed by atoms with van der Waals surface area (Å²) in [6.07, 6.45) is 1.84. The van der Waals surface area contributed by atoms with Gasteiger partial charge in [0.25, 0.3) is 5.91 Å². The van der Waals surface area contributed by atoms with Gasteiger partial charge in [0.1, 0.15) is 5.75 Å². The number of ether oxygens (including phenoxy) is 1. The fraction of sp³-hybridized carbons (Fsp3) is 0.500. The van der Waals surface area contributed by atoms with Gasteiger partial charge >= 0.3 is 0 Å². The van der Waals surface area contributed by atoms with Crippen LogP contribution >= 0.6 is 0 Å². The van der Waals surface area contributed by atoms with E-state index in [-0.39, 0.29) is 18.3 Å². The number of anilines is 1. The van der Waals surface area contributed by atoms with Crippen molar-refractivity contribution in [1.82, 2.24) is 4.90 Å². The normalized spacial score (nSPS) is 10.2. The van der Waals surface area contributed by atoms with E-state index < -0.39 is 0 Å². The first-order valence-electron chi connectivity index (χ1n) is 7.30. The minimum Gasteiger partial charge on any atom is -0.482 e. The highest BCUT2D eigenvalue weighted by molar-refractivity contribution is 5.95. The van der Waals surface area contributed by atoms with Gasteiger partial charge < -0.3 is 15.4 Å². The summed E-state index contributed by atoms with van der Waals surface area (Å²) in [5, 5.41) is 0. The minimum absolute atomic E-state index is 0.0381. The van der Waals surface area contributed by atoms with Crippen molar-refractivity contribution in [2.24, 2.45) is 0 Å². The average molecular weight is 292 g/mol. The Bertz CT molecular complexity index is 494. The zero-order chi connectivity index (χ0) is 15.8. The SMILES string of the molecule is CCCN(CCC)C(=O)COc1ccc(C(C)=O)cc1N. The Balaban J connectivity index is 2.65. The van der Waals surface area contributed by atoms with Crippen molar-refractivity contribution in [3.8, 4) is 5.75 Å². The van der Waals surface area contributed by atoms with Gasteiger partial charge in [-0.1, -0.05) is 13.8 Å². The number of carbonyl (C=O) groups is 2. The molecule has 5 nitrogen and oxygen atoms in total. The van der Waals surface area contributed by atoms with Gasteiger partial charge in [-0.25, -0.2) is 0 Å². The first-order valence-corrected chi connectivity index (χ1v) is 7.30. The van der Waals surface area contributed by atoms with Crippen LogP contribution in [0.3, 0.4) is 0 Å². The molecule has 0 aliphatic heterocycles. The quantitative estimate of drug-likeness (QED) is 0.590. The standard InChI is InChI=1S/C16H24N2O3/c1-4-8-18(9-5-2)16(20)11-21-15-7-6-13(12(3)19)10-14(15)17/h6-7,10H,4-5,8-9,11,17H2,1-3H3. The average Bonchev–Trinajstić information content (AvgIpc) is 2.45. The molecule has 1 rings (SSSR count). The van der Waals surface area contributed by atoms with Crippen LogP contribution in [0.4, 0.5) is 5.69 Å². The van der Waals surface area contributed by atoms with Gasteiger partial charge in [-0.2, -0.15) is 0 Å². The lowest BCUT2D eigenvalue weighted by atomic mass is 10.1. The predicted octanol–water partition coefficient (Wildman–Crippen LogP) is 2.50. The van der Waals surface area contributed by atoms with Crippen LogP contribution in [0.2, 0.25) is 0 Å². The monoisotopic (exact) mass is 292 g/mol. The number of ketones is 1. The van der Waals surface area contributed by atoms with Crippen LogP contribution in [0.25, 0.3) is 0 Å². The highest BCUT2D eigenvalue weighted by Crippen LogP contribution is 2.22. The molecular weight excluding hydrogens is 268 g/mol. The Kier molecular flexibility index (Phi) is 6.72. The van der Waals surface area contributed by atoms with Gasteiger partial charge in [-0.3, -0.25) is 9.59 Å². The molecular formula is C16H24N2O3. The Hall–Kier alpha value is -2.04. The number of hydrogen-bond donors (Lipinski definition) is 1. The van der Waals surface area contributed by atoms with E-state index in [9.17, 15) is 9.59 Å². The van der Waals surface area contributed by atoms with E-state index in [1.807, 2.05) is 13.8 Å². The topological polar surface area (TPSA) is 72.6 Å². The summed E-state index contributed by atoms with van der Waals surface area (Å²) in [4.78, 5) is 25.1. The van der Waals surface area contributed by atoms with Crippen molar-refractivity contribution < 1.29 is 14.3 Å². The van der Waals surface area contributed by atoms with Crippen LogP contribution in [0.5, 0.6) is 5.75 Å². The molecule has 21 heavy (non-hydrogen) atoms. The second kappa shape index (κ2) is 8.29. The lowest BCUT2D eigenvalue weighted by molar-refractivity contribution is -0.133. The van der Waals surface area contributed by atoms with Crippen molar-refractivity contribution in [2.75, 3.05) is 25.4 Å². The fourth-order valence-electron chi connectivity index (χ4n) is 2.03. The van der Waals surface area contributed by atoms with Crippen LogP contribution in [0.1, 0.15) is 44.0 Å². The van der Waals surface area contributed by atoms with Crippen LogP contribution in [-0.2, 0) is 4.79 Å². The first kappa shape index (κ1) is 17.0. The van der Waals surface area contributed by atoms with Crippen LogP contribution in [0.15, 0.2) is 18.2 Å². The number of nitrogen functional groups attached to an aromatic ring is 1. The maximum atomic E-state index is 12.1. The molecule has 0 aliphatic carbocycles. The maximum Gasteiger partial charge on any atom is 0.260 e. The number of benzene rings is 1. The molecule has 2 N–H and O–H groups in total. The second-order valence-corrected chi connectivity index (χ2v) is 4.98. The summed E-state index contributed by atoms with van der Waals surface area (Å²) >= 11 is 0. The highest BCUT2D eigenvalue weighted by atomic mass is 16.5. The van der Waals surface area contributed by atoms with Gasteiger partial charge in [0.2, 0.25) is 0 Å². The van der Waals surface area contributed by atoms with E-state index in [0.29, 0.717) is 17.0 Å². The van der Waals surface area contributed by atoms with Gasteiger partial charge in [0.05, 0.1) is 5.69 Å². The van der Waals surface area contributed by atoms with Crippen LogP contribution in [-0.4, -0.2) is 36.3 Å². The Morgan fingerprint density at radius 2 is 1.81 bits per heavy atom. The van der Waals surface area contributed by atoms with Crippen molar-refractivity contribution in [2.45, 2.75) is 33.6 Å². The molecule has 116 valence electrons. The van der Waals surface area contributed by atoms with Crippen molar-refractivity contribution >= 4 is 17.4 Å². The third-order valence-corrected chi connectivity index (χ3v) is 3.11. The molecule has 0 radical (unpaired) electrons. The van der Waals surface area contributed by atoms with Gasteiger partial charge in [-0.15, -0.1) is 0 Å². The smallest absolute Gasteiger partial charge is 0.260 e. The van der Waals surface area contributed by atoms with E-state index in [1.165, 1.54) is 6.92 Å². The zero-order valence-corrected chi connectivity index (χ0v) is 13.0. The molecule has 0 bridgehead atoms. The number of Topliss-reactive ketones (excluding diaryl/α,β-unsaturated/α-hetero) is 1. The number of rotatable bonds is 8. The fourth-order valence-corrected chi connectivity index (χ4v) is 2.03. The predicted molar refractivity (Wildman–Crippen MR) is 83.5 cm³/mol. The summed E-state index contributed by atoms with van der Waals surface area (Å²) in [5.41, 5.74) is 6.74. The van der Waals surface area contributed by atoms with E-state index in [1.54, 1.807) is 23.1 Å². The van der Waals surface area contributed by atoms with Crippen LogP contribution in [0, 0.1) is 0 Å². The summed E-state index contributed by atoms with van der Waals surface area (Å²) in [6.45, 7) is 6.98. The second-order valence-electron chi connectivity index (χ2n) is 4.98. The summed E-state index contributed by atoms with van der Waals surface area (Å²) in [5.74, 6) is 0.330. The molecule has 0 fully saturated rings. The van der Waals surface area contributed by atoms with E-state index in [0.717, 1.165) is 25.9 Å². The zero-order valence-electron chi connectivity index (χ0n) is 13.0. The number of hydrogen-bond acceptors (Lipinski definition) is 4. The number of amides is 1. The molecule has 0 atom stereocenters. The molecule has 0 unspecified atom stereocenters. The summed E-state index contributed by atoms with van der Waals surface area (Å²) < 4.78 is 5.48. The van der Waals surface area contributed by atoms with Gasteiger partial charge in [-0.05, 0) is 38.0 Å². The van der Waals surface area contributed by atoms with Gasteiger partial charge in [0, 0.05) is 18.7 Å². The first-order chi connectivity index (χ1) is 9.99. The molecule has 0 spiro atoms. The third-order valence-electron chi connectivity index (χ3n) is 3.11. The van der Waals surface area contributed by atoms with E-state index in [2.05, 4.69) is 0 Å². The van der Waals surface area contributed by atoms with Crippen molar-refractivity contribution in [3.05, 3.63) is 23.8 Å². The number of carbonyl (C=O) groups excluding carboxylic acids is 2. The van der Waals surface area contributed by atoms with Crippen molar-refractivity contribution in [3.63, 3.8) is 0 Å². The molecule has 5 heteroatoms. The number of nitrogens with zero attached hydrogens (tertiary/aromatic N) is 1. The molecule has 1 aromatic carbocycles. The van der Waals surface area contributed by atoms with Crippen LogP contribution < -0.4 is 10.5 Å². The van der Waals surface area contributed by atoms with E-state index >= 15 is 0 Å². The Morgan fingerprint density at radius 3 is 2.29 bits per heavy atom. The largest absolute Gasteiger partial charge is 0.482 e. The number of nitrogens with two attached hydrogens (primary N) is 1. The molecule has 0 aromatic heterocycles. The third kappa shape index (κ3) is 5.10. The molecule has 1 aromatic rings. The molecule has 0 saturated heterocycles. The Labute approximate surface area is 126 Å². The Morgan fingerprint density at radius 1 is 1.19 bits per heavy atom. The lowest BCUT2D eigenvalue weighted by Gasteiger charge is -2.21. The molecule has 0 heterocycles. The summed E-state index contributed by atoms with van der Waals surface area (Å²) in [7, 11) is 0. The molecule has 0 saturated carbocycles. The molecule has 0 aliphatic rings. The minimum atomic E-state index is -0.0543. The van der Waals surface area contributed by atoms with E-state index in [4.69, 9.17) is 10.5 Å². The molecule has 1 amide bonds. The van der Waals surface area contributed by atoms with Crippen molar-refractivity contribution in [1.29, 1.82) is 0 Å².